The molecule has 0 aliphatic heterocycles. The Kier molecular flexibility index (Phi) is 4.90. The predicted molar refractivity (Wildman–Crippen MR) is 59.2 cm³/mol. The van der Waals surface area contributed by atoms with Crippen molar-refractivity contribution in [2.75, 3.05) is 0 Å². The topological polar surface area (TPSA) is 38.0 Å². The summed E-state index contributed by atoms with van der Waals surface area (Å²) >= 11 is 0. The number of hydrazine groups is 1. The normalized spacial score (nSPS) is 12.1. The fraction of sp³-hybridized carbons (Fsp3) is 0.333. The number of halogens is 2. The SMILES string of the molecule is C#CCCC(Cc1cc(F)cc(F)c1)NN. The number of hydrogen-bond acceptors (Lipinski definition) is 2. The molecule has 0 spiro atoms. The molecule has 0 saturated carbocycles. The second-order valence-electron chi connectivity index (χ2n) is 3.59. The van der Waals surface area contributed by atoms with Crippen LogP contribution in [-0.2, 0) is 6.42 Å². The van der Waals surface area contributed by atoms with Gasteiger partial charge in [0.2, 0.25) is 0 Å². The lowest BCUT2D eigenvalue weighted by Crippen LogP contribution is -2.36. The third-order valence-corrected chi connectivity index (χ3v) is 2.28. The highest BCUT2D eigenvalue weighted by Crippen LogP contribution is 2.11. The van der Waals surface area contributed by atoms with Crippen LogP contribution in [0.5, 0.6) is 0 Å². The molecule has 0 aliphatic rings. The van der Waals surface area contributed by atoms with Crippen LogP contribution in [0.4, 0.5) is 8.78 Å². The molecular weight excluding hydrogens is 210 g/mol. The molecular formula is C12H14F2N2. The molecule has 0 radical (unpaired) electrons. The van der Waals surface area contributed by atoms with Gasteiger partial charge in [0.1, 0.15) is 11.6 Å². The molecule has 1 unspecified atom stereocenters. The minimum absolute atomic E-state index is 0.0720. The van der Waals surface area contributed by atoms with Gasteiger partial charge in [0, 0.05) is 18.5 Å². The van der Waals surface area contributed by atoms with Gasteiger partial charge in [-0.15, -0.1) is 12.3 Å². The van der Waals surface area contributed by atoms with Crippen LogP contribution in [0.1, 0.15) is 18.4 Å². The fourth-order valence-electron chi connectivity index (χ4n) is 1.52. The Bertz CT molecular complexity index is 365. The van der Waals surface area contributed by atoms with E-state index < -0.39 is 11.6 Å². The molecule has 1 aromatic rings. The van der Waals surface area contributed by atoms with Gasteiger partial charge in [-0.3, -0.25) is 11.3 Å². The summed E-state index contributed by atoms with van der Waals surface area (Å²) in [7, 11) is 0. The Labute approximate surface area is 93.8 Å². The first-order valence-electron chi connectivity index (χ1n) is 5.00. The minimum atomic E-state index is -0.581. The van der Waals surface area contributed by atoms with Gasteiger partial charge in [-0.1, -0.05) is 0 Å². The lowest BCUT2D eigenvalue weighted by atomic mass is 10.0. The summed E-state index contributed by atoms with van der Waals surface area (Å²) in [6.07, 6.45) is 6.83. The maximum atomic E-state index is 12.9. The van der Waals surface area contributed by atoms with Gasteiger partial charge >= 0.3 is 0 Å². The molecule has 0 amide bonds. The fourth-order valence-corrected chi connectivity index (χ4v) is 1.52. The zero-order chi connectivity index (χ0) is 12.0. The lowest BCUT2D eigenvalue weighted by molar-refractivity contribution is 0.493. The average Bonchev–Trinajstić information content (AvgIpc) is 2.22. The van der Waals surface area contributed by atoms with Crippen LogP contribution in [0, 0.1) is 24.0 Å². The van der Waals surface area contributed by atoms with E-state index in [1.54, 1.807) is 0 Å². The number of hydrogen-bond donors (Lipinski definition) is 2. The van der Waals surface area contributed by atoms with Crippen molar-refractivity contribution in [3.8, 4) is 12.3 Å². The van der Waals surface area contributed by atoms with Crippen LogP contribution in [0.2, 0.25) is 0 Å². The van der Waals surface area contributed by atoms with Gasteiger partial charge in [0.05, 0.1) is 0 Å². The monoisotopic (exact) mass is 224 g/mol. The van der Waals surface area contributed by atoms with Gasteiger partial charge in [-0.05, 0) is 30.5 Å². The Morgan fingerprint density at radius 1 is 1.31 bits per heavy atom. The first-order chi connectivity index (χ1) is 7.65. The van der Waals surface area contributed by atoms with Crippen LogP contribution in [0.15, 0.2) is 18.2 Å². The molecule has 0 bridgehead atoms. The van der Waals surface area contributed by atoms with Gasteiger partial charge < -0.3 is 0 Å². The summed E-state index contributed by atoms with van der Waals surface area (Å²) < 4.78 is 25.8. The van der Waals surface area contributed by atoms with Crippen molar-refractivity contribution < 1.29 is 8.78 Å². The van der Waals surface area contributed by atoms with Crippen molar-refractivity contribution in [1.29, 1.82) is 0 Å². The lowest BCUT2D eigenvalue weighted by Gasteiger charge is -2.14. The first kappa shape index (κ1) is 12.6. The van der Waals surface area contributed by atoms with Crippen LogP contribution in [0.25, 0.3) is 0 Å². The van der Waals surface area contributed by atoms with Gasteiger partial charge in [0.15, 0.2) is 0 Å². The molecule has 0 saturated heterocycles. The quantitative estimate of drug-likeness (QED) is 0.454. The number of nitrogens with one attached hydrogen (secondary N) is 1. The van der Waals surface area contributed by atoms with Crippen LogP contribution in [0.3, 0.4) is 0 Å². The highest BCUT2D eigenvalue weighted by atomic mass is 19.1. The molecule has 3 N–H and O–H groups in total. The van der Waals surface area contributed by atoms with Crippen LogP contribution < -0.4 is 11.3 Å². The molecule has 4 heteroatoms. The van der Waals surface area contributed by atoms with Crippen molar-refractivity contribution in [2.45, 2.75) is 25.3 Å². The molecule has 0 fully saturated rings. The van der Waals surface area contributed by atoms with E-state index in [1.165, 1.54) is 12.1 Å². The van der Waals surface area contributed by atoms with E-state index in [-0.39, 0.29) is 6.04 Å². The summed E-state index contributed by atoms with van der Waals surface area (Å²) in [5, 5.41) is 0. The Morgan fingerprint density at radius 3 is 2.44 bits per heavy atom. The van der Waals surface area contributed by atoms with Gasteiger partial charge in [-0.25, -0.2) is 8.78 Å². The van der Waals surface area contributed by atoms with E-state index in [0.717, 1.165) is 6.07 Å². The largest absolute Gasteiger partial charge is 0.271 e. The maximum Gasteiger partial charge on any atom is 0.126 e. The van der Waals surface area contributed by atoms with Crippen molar-refractivity contribution in [2.24, 2.45) is 5.84 Å². The third kappa shape index (κ3) is 3.97. The smallest absolute Gasteiger partial charge is 0.126 e. The maximum absolute atomic E-state index is 12.9. The molecule has 0 aromatic heterocycles. The highest BCUT2D eigenvalue weighted by Gasteiger charge is 2.08. The van der Waals surface area contributed by atoms with E-state index in [4.69, 9.17) is 12.3 Å². The Morgan fingerprint density at radius 2 is 1.94 bits per heavy atom. The van der Waals surface area contributed by atoms with Crippen LogP contribution in [-0.4, -0.2) is 6.04 Å². The Hall–Kier alpha value is -1.44. The van der Waals surface area contributed by atoms with E-state index in [0.29, 0.717) is 24.8 Å². The molecule has 86 valence electrons. The van der Waals surface area contributed by atoms with Crippen molar-refractivity contribution >= 4 is 0 Å². The van der Waals surface area contributed by atoms with Crippen molar-refractivity contribution in [3.63, 3.8) is 0 Å². The molecule has 1 atom stereocenters. The second-order valence-corrected chi connectivity index (χ2v) is 3.59. The van der Waals surface area contributed by atoms with E-state index in [9.17, 15) is 8.78 Å². The standard InChI is InChI=1S/C12H14F2N2/c1-2-3-4-12(16-15)7-9-5-10(13)8-11(14)6-9/h1,5-6,8,12,16H,3-4,7,15H2. The number of nitrogens with two attached hydrogens (primary N) is 1. The summed E-state index contributed by atoms with van der Waals surface area (Å²) in [5.41, 5.74) is 3.15. The third-order valence-electron chi connectivity index (χ3n) is 2.28. The molecule has 2 nitrogen and oxygen atoms in total. The molecule has 16 heavy (non-hydrogen) atoms. The predicted octanol–water partition coefficient (Wildman–Crippen LogP) is 1.75. The number of terminal acetylenes is 1. The molecule has 1 rings (SSSR count). The number of benzene rings is 1. The zero-order valence-electron chi connectivity index (χ0n) is 8.84. The van der Waals surface area contributed by atoms with Gasteiger partial charge in [-0.2, -0.15) is 0 Å². The first-order valence-corrected chi connectivity index (χ1v) is 5.00. The Balaban J connectivity index is 2.66. The molecule has 1 aromatic carbocycles. The summed E-state index contributed by atoms with van der Waals surface area (Å²) in [5.74, 6) is 6.67. The summed E-state index contributed by atoms with van der Waals surface area (Å²) in [6, 6.07) is 3.36. The number of rotatable bonds is 5. The summed E-state index contributed by atoms with van der Waals surface area (Å²) in [6.45, 7) is 0. The van der Waals surface area contributed by atoms with Crippen molar-refractivity contribution in [3.05, 3.63) is 35.4 Å². The second kappa shape index (κ2) is 6.21. The zero-order valence-corrected chi connectivity index (χ0v) is 8.84. The highest BCUT2D eigenvalue weighted by molar-refractivity contribution is 5.19. The average molecular weight is 224 g/mol. The van der Waals surface area contributed by atoms with E-state index in [1.807, 2.05) is 0 Å². The van der Waals surface area contributed by atoms with Crippen LogP contribution >= 0.6 is 0 Å². The summed E-state index contributed by atoms with van der Waals surface area (Å²) in [4.78, 5) is 0. The van der Waals surface area contributed by atoms with E-state index >= 15 is 0 Å². The molecule has 0 heterocycles. The van der Waals surface area contributed by atoms with Crippen molar-refractivity contribution in [1.82, 2.24) is 5.43 Å². The minimum Gasteiger partial charge on any atom is -0.271 e. The van der Waals surface area contributed by atoms with E-state index in [2.05, 4.69) is 11.3 Å². The molecule has 0 aliphatic carbocycles. The van der Waals surface area contributed by atoms with Gasteiger partial charge in [0.25, 0.3) is 0 Å².